The third-order valence-corrected chi connectivity index (χ3v) is 6.21. The standard InChI is InChI=1S/C21H23ClN2O5S2/c1-13(25)23-11-14-7-8-19(31-14)18(26)12-29-21(28)17(9-10-30-2)24-20(27)15-5-3-4-6-16(15)22/h3-8,17H,9-12H2,1-2H3,(H,23,25)(H,24,27)/t17-/m1/s1. The molecule has 0 fully saturated rings. The second-order valence-corrected chi connectivity index (χ2v) is 9.06. The van der Waals surface area contributed by atoms with Crippen LogP contribution in [-0.4, -0.2) is 48.2 Å². The topological polar surface area (TPSA) is 102 Å². The molecular formula is C21H23ClN2O5S2. The van der Waals surface area contributed by atoms with Crippen LogP contribution >= 0.6 is 34.7 Å². The molecule has 0 unspecified atom stereocenters. The molecule has 7 nitrogen and oxygen atoms in total. The highest BCUT2D eigenvalue weighted by Gasteiger charge is 2.24. The summed E-state index contributed by atoms with van der Waals surface area (Å²) in [4.78, 5) is 49.6. The van der Waals surface area contributed by atoms with E-state index in [-0.39, 0.29) is 22.3 Å². The summed E-state index contributed by atoms with van der Waals surface area (Å²) >= 11 is 8.80. The number of hydrogen-bond acceptors (Lipinski definition) is 7. The number of rotatable bonds is 11. The Morgan fingerprint density at radius 1 is 1.16 bits per heavy atom. The van der Waals surface area contributed by atoms with Crippen molar-refractivity contribution in [3.63, 3.8) is 0 Å². The van der Waals surface area contributed by atoms with Crippen LogP contribution in [0.1, 0.15) is 38.3 Å². The van der Waals surface area contributed by atoms with Gasteiger partial charge in [-0.05, 0) is 42.7 Å². The van der Waals surface area contributed by atoms with Crippen molar-refractivity contribution in [1.29, 1.82) is 0 Å². The van der Waals surface area contributed by atoms with Crippen molar-refractivity contribution in [2.24, 2.45) is 0 Å². The lowest BCUT2D eigenvalue weighted by Crippen LogP contribution is -2.42. The molecule has 0 spiro atoms. The predicted molar refractivity (Wildman–Crippen MR) is 123 cm³/mol. The Bertz CT molecular complexity index is 947. The first-order valence-corrected chi connectivity index (χ1v) is 12.0. The molecule has 1 heterocycles. The van der Waals surface area contributed by atoms with E-state index < -0.39 is 24.5 Å². The van der Waals surface area contributed by atoms with Gasteiger partial charge >= 0.3 is 5.97 Å². The fourth-order valence-corrected chi connectivity index (χ4v) is 4.07. The zero-order valence-electron chi connectivity index (χ0n) is 17.1. The molecule has 0 bridgehead atoms. The lowest BCUT2D eigenvalue weighted by atomic mass is 10.1. The van der Waals surface area contributed by atoms with E-state index >= 15 is 0 Å². The molecule has 0 radical (unpaired) electrons. The van der Waals surface area contributed by atoms with Gasteiger partial charge in [-0.25, -0.2) is 4.79 Å². The van der Waals surface area contributed by atoms with Gasteiger partial charge in [0.2, 0.25) is 11.7 Å². The maximum atomic E-state index is 12.5. The number of carbonyl (C=O) groups is 4. The van der Waals surface area contributed by atoms with Gasteiger partial charge in [0, 0.05) is 11.8 Å². The summed E-state index contributed by atoms with van der Waals surface area (Å²) in [6, 6.07) is 9.00. The van der Waals surface area contributed by atoms with Crippen LogP contribution in [0.15, 0.2) is 36.4 Å². The summed E-state index contributed by atoms with van der Waals surface area (Å²) in [6.45, 7) is 1.31. The normalized spacial score (nSPS) is 11.5. The van der Waals surface area contributed by atoms with Crippen LogP contribution in [0.5, 0.6) is 0 Å². The molecule has 0 saturated carbocycles. The van der Waals surface area contributed by atoms with Gasteiger partial charge in [-0.2, -0.15) is 11.8 Å². The van der Waals surface area contributed by atoms with Gasteiger partial charge in [0.1, 0.15) is 6.04 Å². The van der Waals surface area contributed by atoms with Gasteiger partial charge in [0.15, 0.2) is 6.61 Å². The molecular weight excluding hydrogens is 460 g/mol. The average molecular weight is 483 g/mol. The maximum Gasteiger partial charge on any atom is 0.329 e. The number of esters is 1. The van der Waals surface area contributed by atoms with Crippen LogP contribution in [0.4, 0.5) is 0 Å². The Morgan fingerprint density at radius 3 is 2.58 bits per heavy atom. The third-order valence-electron chi connectivity index (χ3n) is 4.11. The minimum atomic E-state index is -0.900. The average Bonchev–Trinajstić information content (AvgIpc) is 3.22. The molecule has 2 amide bonds. The molecule has 0 saturated heterocycles. The smallest absolute Gasteiger partial charge is 0.329 e. The number of ketones is 1. The van der Waals surface area contributed by atoms with Gasteiger partial charge in [-0.15, -0.1) is 11.3 Å². The molecule has 2 N–H and O–H groups in total. The van der Waals surface area contributed by atoms with E-state index in [0.29, 0.717) is 23.6 Å². The van der Waals surface area contributed by atoms with Crippen molar-refractivity contribution in [2.45, 2.75) is 25.9 Å². The number of thiophene rings is 1. The van der Waals surface area contributed by atoms with Crippen LogP contribution in [0.2, 0.25) is 5.02 Å². The first-order valence-electron chi connectivity index (χ1n) is 9.39. The Hall–Kier alpha value is -2.36. The minimum Gasteiger partial charge on any atom is -0.456 e. The molecule has 2 rings (SSSR count). The lowest BCUT2D eigenvalue weighted by molar-refractivity contribution is -0.144. The molecule has 10 heteroatoms. The van der Waals surface area contributed by atoms with Gasteiger partial charge in [-0.1, -0.05) is 23.7 Å². The zero-order valence-corrected chi connectivity index (χ0v) is 19.5. The van der Waals surface area contributed by atoms with Crippen LogP contribution in [0, 0.1) is 0 Å². The fraction of sp³-hybridized carbons (Fsp3) is 0.333. The van der Waals surface area contributed by atoms with E-state index in [2.05, 4.69) is 10.6 Å². The van der Waals surface area contributed by atoms with Gasteiger partial charge < -0.3 is 15.4 Å². The molecule has 0 aliphatic rings. The van der Waals surface area contributed by atoms with Crippen LogP contribution < -0.4 is 10.6 Å². The Morgan fingerprint density at radius 2 is 1.90 bits per heavy atom. The molecule has 1 atom stereocenters. The second-order valence-electron chi connectivity index (χ2n) is 6.49. The summed E-state index contributed by atoms with van der Waals surface area (Å²) in [7, 11) is 0. The summed E-state index contributed by atoms with van der Waals surface area (Å²) < 4.78 is 5.18. The first kappa shape index (κ1) is 24.9. The highest BCUT2D eigenvalue weighted by molar-refractivity contribution is 7.98. The molecule has 166 valence electrons. The molecule has 31 heavy (non-hydrogen) atoms. The van der Waals surface area contributed by atoms with Gasteiger partial charge in [0.25, 0.3) is 5.91 Å². The number of carbonyl (C=O) groups excluding carboxylic acids is 4. The third kappa shape index (κ3) is 8.01. The van der Waals surface area contributed by atoms with Crippen molar-refractivity contribution in [1.82, 2.24) is 10.6 Å². The second kappa shape index (κ2) is 12.5. The number of halogens is 1. The zero-order chi connectivity index (χ0) is 22.8. The maximum absolute atomic E-state index is 12.5. The fourth-order valence-electron chi connectivity index (χ4n) is 2.51. The summed E-state index contributed by atoms with van der Waals surface area (Å²) in [5, 5.41) is 5.58. The van der Waals surface area contributed by atoms with Crippen LogP contribution in [0.25, 0.3) is 0 Å². The summed E-state index contributed by atoms with van der Waals surface area (Å²) in [5.41, 5.74) is 0.257. The van der Waals surface area contributed by atoms with E-state index in [1.54, 1.807) is 36.4 Å². The quantitative estimate of drug-likeness (QED) is 0.376. The van der Waals surface area contributed by atoms with E-state index in [1.165, 1.54) is 30.0 Å². The molecule has 0 aliphatic carbocycles. The Kier molecular flexibility index (Phi) is 10.0. The van der Waals surface area contributed by atoms with Gasteiger partial charge in [-0.3, -0.25) is 14.4 Å². The van der Waals surface area contributed by atoms with Crippen LogP contribution in [0.3, 0.4) is 0 Å². The van der Waals surface area contributed by atoms with Crippen LogP contribution in [-0.2, 0) is 20.9 Å². The van der Waals surface area contributed by atoms with Crippen molar-refractivity contribution < 1.29 is 23.9 Å². The van der Waals surface area contributed by atoms with Crippen molar-refractivity contribution in [2.75, 3.05) is 18.6 Å². The van der Waals surface area contributed by atoms with E-state index in [4.69, 9.17) is 16.3 Å². The number of hydrogen-bond donors (Lipinski definition) is 2. The Labute approximate surface area is 193 Å². The molecule has 1 aromatic carbocycles. The van der Waals surface area contributed by atoms with E-state index in [0.717, 1.165) is 4.88 Å². The summed E-state index contributed by atoms with van der Waals surface area (Å²) in [6.07, 6.45) is 2.24. The highest BCUT2D eigenvalue weighted by Crippen LogP contribution is 2.18. The number of thioether (sulfide) groups is 1. The highest BCUT2D eigenvalue weighted by atomic mass is 35.5. The number of ether oxygens (including phenoxy) is 1. The SMILES string of the molecule is CSCC[C@@H](NC(=O)c1ccccc1Cl)C(=O)OCC(=O)c1ccc(CNC(C)=O)s1. The number of amides is 2. The molecule has 1 aromatic heterocycles. The van der Waals surface area contributed by atoms with Gasteiger partial charge in [0.05, 0.1) is 22.0 Å². The lowest BCUT2D eigenvalue weighted by Gasteiger charge is -2.17. The number of Topliss-reactive ketones (excluding diaryl/α,β-unsaturated/α-hetero) is 1. The van der Waals surface area contributed by atoms with Crippen molar-refractivity contribution in [3.8, 4) is 0 Å². The minimum absolute atomic E-state index is 0.162. The van der Waals surface area contributed by atoms with E-state index in [9.17, 15) is 19.2 Å². The first-order chi connectivity index (χ1) is 14.8. The largest absolute Gasteiger partial charge is 0.456 e. The number of benzene rings is 1. The molecule has 2 aromatic rings. The van der Waals surface area contributed by atoms with E-state index in [1.807, 2.05) is 6.26 Å². The van der Waals surface area contributed by atoms with Crippen molar-refractivity contribution >= 4 is 58.3 Å². The predicted octanol–water partition coefficient (Wildman–Crippen LogP) is 3.32. The van der Waals surface area contributed by atoms with Crippen molar-refractivity contribution in [3.05, 3.63) is 56.7 Å². The molecule has 0 aliphatic heterocycles. The summed E-state index contributed by atoms with van der Waals surface area (Å²) in [5.74, 6) is -1.06. The number of nitrogens with one attached hydrogen (secondary N) is 2. The Balaban J connectivity index is 1.95. The monoisotopic (exact) mass is 482 g/mol.